The molecule has 1 N–H and O–H groups in total. The van der Waals surface area contributed by atoms with Crippen LogP contribution < -0.4 is 5.32 Å². The highest BCUT2D eigenvalue weighted by molar-refractivity contribution is 5.04. The first-order chi connectivity index (χ1) is 19.8. The summed E-state index contributed by atoms with van der Waals surface area (Å²) in [6.45, 7) is 18.6. The van der Waals surface area contributed by atoms with Gasteiger partial charge in [0, 0.05) is 6.04 Å². The van der Waals surface area contributed by atoms with E-state index in [1.807, 2.05) is 0 Å². The molecule has 0 heterocycles. The minimum absolute atomic E-state index is 0.692. The normalized spacial score (nSPS) is 36.7. The summed E-state index contributed by atoms with van der Waals surface area (Å²) in [4.78, 5) is 0. The van der Waals surface area contributed by atoms with Crippen LogP contribution in [0.2, 0.25) is 0 Å². The van der Waals surface area contributed by atoms with Gasteiger partial charge in [0.1, 0.15) is 0 Å². The summed E-state index contributed by atoms with van der Waals surface area (Å²) < 4.78 is 0. The van der Waals surface area contributed by atoms with Gasteiger partial charge in [-0.15, -0.1) is 0 Å². The van der Waals surface area contributed by atoms with Crippen molar-refractivity contribution in [3.05, 3.63) is 0 Å². The number of hydrogen-bond donors (Lipinski definition) is 1. The topological polar surface area (TPSA) is 12.0 Å². The van der Waals surface area contributed by atoms with Gasteiger partial charge in [-0.3, -0.25) is 0 Å². The van der Waals surface area contributed by atoms with Crippen molar-refractivity contribution in [2.45, 2.75) is 189 Å². The molecule has 1 heteroatoms. The van der Waals surface area contributed by atoms with Crippen molar-refractivity contribution in [2.24, 2.45) is 58.2 Å². The van der Waals surface area contributed by atoms with Crippen molar-refractivity contribution in [3.63, 3.8) is 0 Å². The van der Waals surface area contributed by atoms with Crippen LogP contribution in [-0.2, 0) is 0 Å². The van der Waals surface area contributed by atoms with E-state index in [1.165, 1.54) is 116 Å². The van der Waals surface area contributed by atoms with Gasteiger partial charge in [0.2, 0.25) is 0 Å². The fourth-order valence-corrected chi connectivity index (χ4v) is 10.6. The lowest BCUT2D eigenvalue weighted by Crippen LogP contribution is -2.36. The van der Waals surface area contributed by atoms with Gasteiger partial charge >= 0.3 is 0 Å². The molecule has 4 aliphatic rings. The molecule has 0 spiro atoms. The lowest BCUT2D eigenvalue weighted by Gasteiger charge is -2.45. The number of nitrogens with one attached hydrogen (secondary N) is 1. The summed E-state index contributed by atoms with van der Waals surface area (Å²) in [5.41, 5.74) is 1.40. The SMILES string of the molecule is CCCNC1CCC(CC2(CC(CC)CCC)CC2CCCC(CC)C2(C)CCC2)CCC1CC(C)CC1CC1C. The summed E-state index contributed by atoms with van der Waals surface area (Å²) in [6, 6.07) is 0.785. The largest absolute Gasteiger partial charge is 0.314 e. The van der Waals surface area contributed by atoms with E-state index in [0.717, 1.165) is 53.4 Å². The predicted molar refractivity (Wildman–Crippen MR) is 181 cm³/mol. The van der Waals surface area contributed by atoms with Crippen LogP contribution in [0.15, 0.2) is 0 Å². The van der Waals surface area contributed by atoms with Gasteiger partial charge in [-0.25, -0.2) is 0 Å². The standard InChI is InChI=1S/C40H75N/c1-8-14-32(10-3)27-40(29-37(40)16-12-15-36(11-4)39(7)21-13-22-39)28-33-17-19-34(38(20-18-33)41-23-9-2)24-30(5)25-35-26-31(35)6/h30-38,41H,8-29H2,1-7H3. The summed E-state index contributed by atoms with van der Waals surface area (Å²) >= 11 is 0. The summed E-state index contributed by atoms with van der Waals surface area (Å²) in [7, 11) is 0. The maximum absolute atomic E-state index is 4.08. The monoisotopic (exact) mass is 570 g/mol. The Hall–Kier alpha value is -0.0400. The quantitative estimate of drug-likeness (QED) is 0.144. The van der Waals surface area contributed by atoms with E-state index >= 15 is 0 Å². The van der Waals surface area contributed by atoms with Gasteiger partial charge in [0.25, 0.3) is 0 Å². The van der Waals surface area contributed by atoms with Gasteiger partial charge in [0.05, 0.1) is 0 Å². The lowest BCUT2D eigenvalue weighted by atomic mass is 9.60. The van der Waals surface area contributed by atoms with E-state index in [4.69, 9.17) is 0 Å². The maximum atomic E-state index is 4.08. The summed E-state index contributed by atoms with van der Waals surface area (Å²) in [5, 5.41) is 4.08. The third-order valence-electron chi connectivity index (χ3n) is 13.8. The number of hydrogen-bond acceptors (Lipinski definition) is 1. The Morgan fingerprint density at radius 3 is 2.22 bits per heavy atom. The molecule has 0 bridgehead atoms. The minimum atomic E-state index is 0.692. The van der Waals surface area contributed by atoms with Gasteiger partial charge in [-0.2, -0.15) is 0 Å². The first-order valence-electron chi connectivity index (χ1n) is 19.5. The molecule has 10 unspecified atom stereocenters. The third-order valence-corrected chi connectivity index (χ3v) is 13.8. The van der Waals surface area contributed by atoms with Crippen LogP contribution >= 0.6 is 0 Å². The molecule has 1 nitrogen and oxygen atoms in total. The molecule has 0 aliphatic heterocycles. The van der Waals surface area contributed by atoms with E-state index in [0.29, 0.717) is 10.8 Å². The van der Waals surface area contributed by atoms with Gasteiger partial charge in [-0.05, 0) is 155 Å². The van der Waals surface area contributed by atoms with Crippen LogP contribution in [0.4, 0.5) is 0 Å². The molecule has 10 atom stereocenters. The van der Waals surface area contributed by atoms with E-state index in [2.05, 4.69) is 53.8 Å². The Labute approximate surface area is 258 Å². The average molecular weight is 570 g/mol. The van der Waals surface area contributed by atoms with Crippen molar-refractivity contribution in [2.75, 3.05) is 6.54 Å². The highest BCUT2D eigenvalue weighted by Gasteiger charge is 2.54. The molecule has 0 amide bonds. The van der Waals surface area contributed by atoms with Crippen molar-refractivity contribution >= 4 is 0 Å². The molecule has 0 aromatic rings. The predicted octanol–water partition coefficient (Wildman–Crippen LogP) is 12.2. The zero-order valence-corrected chi connectivity index (χ0v) is 29.3. The van der Waals surface area contributed by atoms with Crippen molar-refractivity contribution < 1.29 is 0 Å². The van der Waals surface area contributed by atoms with Crippen molar-refractivity contribution in [1.82, 2.24) is 5.32 Å². The van der Waals surface area contributed by atoms with Crippen LogP contribution in [0.1, 0.15) is 183 Å². The Morgan fingerprint density at radius 1 is 0.878 bits per heavy atom. The molecule has 0 saturated heterocycles. The molecule has 0 radical (unpaired) electrons. The number of rotatable bonds is 20. The molecule has 4 rings (SSSR count). The van der Waals surface area contributed by atoms with Crippen molar-refractivity contribution in [3.8, 4) is 0 Å². The zero-order chi connectivity index (χ0) is 29.5. The van der Waals surface area contributed by atoms with E-state index in [-0.39, 0.29) is 0 Å². The molecule has 41 heavy (non-hydrogen) atoms. The molecule has 0 aromatic heterocycles. The van der Waals surface area contributed by atoms with Crippen LogP contribution in [-0.4, -0.2) is 12.6 Å². The van der Waals surface area contributed by atoms with Gasteiger partial charge < -0.3 is 5.32 Å². The fraction of sp³-hybridized carbons (Fsp3) is 1.00. The summed E-state index contributed by atoms with van der Waals surface area (Å²) in [5.74, 6) is 7.92. The fourth-order valence-electron chi connectivity index (χ4n) is 10.6. The highest BCUT2D eigenvalue weighted by atomic mass is 14.9. The van der Waals surface area contributed by atoms with Crippen LogP contribution in [0.5, 0.6) is 0 Å². The minimum Gasteiger partial charge on any atom is -0.314 e. The van der Waals surface area contributed by atoms with E-state index in [9.17, 15) is 0 Å². The average Bonchev–Trinajstić information content (AvgIpc) is 3.84. The molecule has 0 aromatic carbocycles. The molecule has 240 valence electrons. The van der Waals surface area contributed by atoms with E-state index < -0.39 is 0 Å². The van der Waals surface area contributed by atoms with Crippen LogP contribution in [0.3, 0.4) is 0 Å². The Balaban J connectivity index is 1.34. The van der Waals surface area contributed by atoms with Gasteiger partial charge in [0.15, 0.2) is 0 Å². The lowest BCUT2D eigenvalue weighted by molar-refractivity contribution is 0.0602. The second-order valence-electron chi connectivity index (χ2n) is 17.2. The molecular weight excluding hydrogens is 494 g/mol. The third kappa shape index (κ3) is 9.47. The van der Waals surface area contributed by atoms with E-state index in [1.54, 1.807) is 25.7 Å². The molecular formula is C40H75N. The van der Waals surface area contributed by atoms with Gasteiger partial charge in [-0.1, -0.05) is 93.4 Å². The Bertz CT molecular complexity index is 739. The summed E-state index contributed by atoms with van der Waals surface area (Å²) in [6.07, 6.45) is 31.2. The second kappa shape index (κ2) is 15.8. The Kier molecular flexibility index (Phi) is 13.0. The maximum Gasteiger partial charge on any atom is 0.00955 e. The highest BCUT2D eigenvalue weighted by Crippen LogP contribution is 2.64. The van der Waals surface area contributed by atoms with Crippen LogP contribution in [0.25, 0.3) is 0 Å². The Morgan fingerprint density at radius 2 is 1.61 bits per heavy atom. The second-order valence-corrected chi connectivity index (χ2v) is 17.2. The molecule has 4 fully saturated rings. The first-order valence-corrected chi connectivity index (χ1v) is 19.5. The smallest absolute Gasteiger partial charge is 0.00955 e. The zero-order valence-electron chi connectivity index (χ0n) is 29.3. The molecule has 4 aliphatic carbocycles. The van der Waals surface area contributed by atoms with Crippen molar-refractivity contribution in [1.29, 1.82) is 0 Å². The van der Waals surface area contributed by atoms with Crippen LogP contribution in [0, 0.1) is 58.2 Å². The first kappa shape index (κ1) is 33.8. The molecule has 4 saturated carbocycles.